The van der Waals surface area contributed by atoms with E-state index in [0.29, 0.717) is 5.76 Å². The van der Waals surface area contributed by atoms with E-state index in [-0.39, 0.29) is 17.4 Å². The monoisotopic (exact) mass is 486 g/mol. The molecule has 1 heterocycles. The van der Waals surface area contributed by atoms with Crippen molar-refractivity contribution in [1.29, 1.82) is 0 Å². The average molecular weight is 487 g/mol. The van der Waals surface area contributed by atoms with Crippen LogP contribution in [0.25, 0.3) is 0 Å². The molecule has 0 fully saturated rings. The van der Waals surface area contributed by atoms with E-state index in [2.05, 4.69) is 20.7 Å². The van der Waals surface area contributed by atoms with Crippen LogP contribution in [0.1, 0.15) is 19.6 Å². The van der Waals surface area contributed by atoms with Gasteiger partial charge in [-0.2, -0.15) is 4.72 Å². The first kappa shape index (κ1) is 23.1. The fourth-order valence-corrected chi connectivity index (χ4v) is 3.96. The molecule has 1 amide bonds. The molecule has 1 atom stereocenters. The maximum atomic E-state index is 12.6. The van der Waals surface area contributed by atoms with E-state index in [4.69, 9.17) is 9.15 Å². The van der Waals surface area contributed by atoms with Crippen molar-refractivity contribution in [2.45, 2.75) is 31.3 Å². The Morgan fingerprint density at radius 2 is 1.86 bits per heavy atom. The summed E-state index contributed by atoms with van der Waals surface area (Å²) in [5.74, 6) is -1.05. The maximum absolute atomic E-state index is 12.6. The first-order chi connectivity index (χ1) is 13.6. The van der Waals surface area contributed by atoms with Gasteiger partial charge in [0, 0.05) is 11.5 Å². The summed E-state index contributed by atoms with van der Waals surface area (Å²) in [6.45, 7) is 3.09. The predicted molar refractivity (Wildman–Crippen MR) is 109 cm³/mol. The Morgan fingerprint density at radius 1 is 1.21 bits per heavy atom. The number of nitrogens with zero attached hydrogens (tertiary/aromatic N) is 1. The lowest BCUT2D eigenvalue weighted by molar-refractivity contribution is -0.154. The van der Waals surface area contributed by atoms with Crippen molar-refractivity contribution in [2.75, 3.05) is 13.7 Å². The van der Waals surface area contributed by atoms with Crippen LogP contribution >= 0.6 is 15.9 Å². The molecule has 10 heteroatoms. The quantitative estimate of drug-likeness (QED) is 0.545. The van der Waals surface area contributed by atoms with Crippen LogP contribution in [0.3, 0.4) is 0 Å². The molecule has 0 spiro atoms. The molecule has 0 bridgehead atoms. The molecule has 158 valence electrons. The molecule has 0 aliphatic heterocycles. The van der Waals surface area contributed by atoms with Crippen molar-refractivity contribution >= 4 is 37.8 Å². The van der Waals surface area contributed by atoms with E-state index < -0.39 is 34.5 Å². The van der Waals surface area contributed by atoms with Gasteiger partial charge in [-0.1, -0.05) is 29.8 Å². The highest BCUT2D eigenvalue weighted by molar-refractivity contribution is 9.10. The molecule has 29 heavy (non-hydrogen) atoms. The number of halogens is 1. The number of carbonyl (C=O) groups excluding carboxylic acids is 2. The molecule has 0 radical (unpaired) electrons. The zero-order valence-electron chi connectivity index (χ0n) is 16.3. The summed E-state index contributed by atoms with van der Waals surface area (Å²) in [7, 11) is -2.38. The van der Waals surface area contributed by atoms with Crippen LogP contribution in [0.15, 0.2) is 56.4 Å². The van der Waals surface area contributed by atoms with Gasteiger partial charge in [-0.25, -0.2) is 8.42 Å². The van der Waals surface area contributed by atoms with Crippen molar-refractivity contribution in [1.82, 2.24) is 9.62 Å². The Labute approximate surface area is 178 Å². The molecule has 0 aliphatic rings. The van der Waals surface area contributed by atoms with Gasteiger partial charge in [0.1, 0.15) is 11.8 Å². The molecule has 8 nitrogen and oxygen atoms in total. The van der Waals surface area contributed by atoms with Crippen LogP contribution in [0.5, 0.6) is 0 Å². The largest absolute Gasteiger partial charge is 0.467 e. The standard InChI is InChI=1S/C19H23BrN2O6S/c1-13(2)18(21-29(25,26)16-8-6-14(20)7-9-16)19(24)28-12-17(23)22(3)11-15-5-4-10-27-15/h4-10,13,18,21H,11-12H2,1-3H3. The summed E-state index contributed by atoms with van der Waals surface area (Å²) in [6, 6.07) is 8.31. The first-order valence-corrected chi connectivity index (χ1v) is 11.1. The van der Waals surface area contributed by atoms with E-state index >= 15 is 0 Å². The number of esters is 1. The van der Waals surface area contributed by atoms with Gasteiger partial charge in [-0.15, -0.1) is 0 Å². The topological polar surface area (TPSA) is 106 Å². The minimum atomic E-state index is -3.93. The fraction of sp³-hybridized carbons (Fsp3) is 0.368. The molecular weight excluding hydrogens is 464 g/mol. The second kappa shape index (κ2) is 10.0. The van der Waals surface area contributed by atoms with Gasteiger partial charge >= 0.3 is 5.97 Å². The van der Waals surface area contributed by atoms with Gasteiger partial charge in [0.05, 0.1) is 17.7 Å². The number of sulfonamides is 1. The smallest absolute Gasteiger partial charge is 0.324 e. The molecule has 2 rings (SSSR count). The number of carbonyl (C=O) groups is 2. The van der Waals surface area contributed by atoms with E-state index in [1.54, 1.807) is 45.2 Å². The highest BCUT2D eigenvalue weighted by Gasteiger charge is 2.30. The Hall–Kier alpha value is -2.17. The van der Waals surface area contributed by atoms with E-state index in [9.17, 15) is 18.0 Å². The Morgan fingerprint density at radius 3 is 2.41 bits per heavy atom. The van der Waals surface area contributed by atoms with Crippen molar-refractivity contribution < 1.29 is 27.2 Å². The number of amides is 1. The molecule has 1 aromatic heterocycles. The van der Waals surface area contributed by atoms with Crippen LogP contribution < -0.4 is 4.72 Å². The minimum absolute atomic E-state index is 0.0217. The first-order valence-electron chi connectivity index (χ1n) is 8.81. The second-order valence-corrected chi connectivity index (χ2v) is 9.36. The summed E-state index contributed by atoms with van der Waals surface area (Å²) in [5.41, 5.74) is 0. The maximum Gasteiger partial charge on any atom is 0.324 e. The van der Waals surface area contributed by atoms with Crippen LogP contribution in [0.2, 0.25) is 0 Å². The third-order valence-corrected chi connectivity index (χ3v) is 6.05. The zero-order chi connectivity index (χ0) is 21.6. The third-order valence-electron chi connectivity index (χ3n) is 4.06. The Bertz CT molecular complexity index is 926. The number of likely N-dealkylation sites (N-methyl/N-ethyl adjacent to an activating group) is 1. The fourth-order valence-electron chi connectivity index (χ4n) is 2.36. The van der Waals surface area contributed by atoms with Gasteiger partial charge in [0.15, 0.2) is 6.61 Å². The number of nitrogens with one attached hydrogen (secondary N) is 1. The van der Waals surface area contributed by atoms with Crippen molar-refractivity contribution in [3.05, 3.63) is 52.9 Å². The molecule has 1 N–H and O–H groups in total. The van der Waals surface area contributed by atoms with Crippen LogP contribution in [0.4, 0.5) is 0 Å². The summed E-state index contributed by atoms with van der Waals surface area (Å²) < 4.78 is 38.5. The highest BCUT2D eigenvalue weighted by atomic mass is 79.9. The van der Waals surface area contributed by atoms with Gasteiger partial charge in [0.25, 0.3) is 5.91 Å². The SMILES string of the molecule is CC(C)C(NS(=O)(=O)c1ccc(Br)cc1)C(=O)OCC(=O)N(C)Cc1ccco1. The number of rotatable bonds is 9. The molecule has 1 aromatic carbocycles. The number of benzene rings is 1. The number of ether oxygens (including phenoxy) is 1. The Balaban J connectivity index is 1.98. The minimum Gasteiger partial charge on any atom is -0.467 e. The normalized spacial score (nSPS) is 12.6. The molecule has 0 saturated heterocycles. The molecule has 0 aliphatic carbocycles. The van der Waals surface area contributed by atoms with Gasteiger partial charge in [-0.3, -0.25) is 9.59 Å². The van der Waals surface area contributed by atoms with Crippen molar-refractivity contribution in [3.8, 4) is 0 Å². The number of furan rings is 1. The zero-order valence-corrected chi connectivity index (χ0v) is 18.7. The highest BCUT2D eigenvalue weighted by Crippen LogP contribution is 2.16. The summed E-state index contributed by atoms with van der Waals surface area (Å²) in [5, 5.41) is 0. The molecule has 0 saturated carbocycles. The van der Waals surface area contributed by atoms with Crippen molar-refractivity contribution in [3.63, 3.8) is 0 Å². The lowest BCUT2D eigenvalue weighted by atomic mass is 10.1. The molecule has 2 aromatic rings. The van der Waals surface area contributed by atoms with Gasteiger partial charge < -0.3 is 14.1 Å². The van der Waals surface area contributed by atoms with E-state index in [1.165, 1.54) is 23.3 Å². The number of hydrogen-bond acceptors (Lipinski definition) is 6. The van der Waals surface area contributed by atoms with E-state index in [1.807, 2.05) is 0 Å². The lowest BCUT2D eigenvalue weighted by Gasteiger charge is -2.22. The van der Waals surface area contributed by atoms with Crippen LogP contribution in [-0.4, -0.2) is 44.9 Å². The lowest BCUT2D eigenvalue weighted by Crippen LogP contribution is -2.46. The average Bonchev–Trinajstić information content (AvgIpc) is 3.17. The number of hydrogen-bond donors (Lipinski definition) is 1. The van der Waals surface area contributed by atoms with Crippen LogP contribution in [0, 0.1) is 5.92 Å². The summed E-state index contributed by atoms with van der Waals surface area (Å²) in [4.78, 5) is 26.0. The van der Waals surface area contributed by atoms with Crippen molar-refractivity contribution in [2.24, 2.45) is 5.92 Å². The second-order valence-electron chi connectivity index (χ2n) is 6.73. The van der Waals surface area contributed by atoms with Gasteiger partial charge in [0.2, 0.25) is 10.0 Å². The third kappa shape index (κ3) is 6.69. The molecule has 1 unspecified atom stereocenters. The van der Waals surface area contributed by atoms with Gasteiger partial charge in [-0.05, 0) is 42.3 Å². The Kier molecular flexibility index (Phi) is 8.00. The predicted octanol–water partition coefficient (Wildman–Crippen LogP) is 2.55. The van der Waals surface area contributed by atoms with E-state index in [0.717, 1.165) is 4.47 Å². The summed E-state index contributed by atoms with van der Waals surface area (Å²) >= 11 is 3.24. The molecular formula is C19H23BrN2O6S. The van der Waals surface area contributed by atoms with Crippen LogP contribution in [-0.2, 0) is 30.9 Å². The summed E-state index contributed by atoms with van der Waals surface area (Å²) in [6.07, 6.45) is 1.50.